The second-order valence-electron chi connectivity index (χ2n) is 6.58. The lowest BCUT2D eigenvalue weighted by Gasteiger charge is -2.32. The summed E-state index contributed by atoms with van der Waals surface area (Å²) in [5, 5.41) is 2.59. The van der Waals surface area contributed by atoms with Crippen molar-refractivity contribution >= 4 is 18.5 Å². The van der Waals surface area contributed by atoms with Gasteiger partial charge < -0.3 is 19.4 Å². The van der Waals surface area contributed by atoms with Gasteiger partial charge in [0, 0.05) is 13.7 Å². The third-order valence-electron chi connectivity index (χ3n) is 4.35. The molecule has 0 spiro atoms. The van der Waals surface area contributed by atoms with Crippen LogP contribution >= 0.6 is 0 Å². The maximum atomic E-state index is 14.2. The molecule has 1 fully saturated rings. The monoisotopic (exact) mass is 323 g/mol. The number of carbonyl (C=O) groups is 1. The van der Waals surface area contributed by atoms with Crippen LogP contribution in [0.5, 0.6) is 0 Å². The van der Waals surface area contributed by atoms with Crippen LogP contribution < -0.4 is 10.8 Å². The van der Waals surface area contributed by atoms with Gasteiger partial charge >= 0.3 is 7.12 Å². The fourth-order valence-electron chi connectivity index (χ4n) is 2.20. The van der Waals surface area contributed by atoms with Crippen molar-refractivity contribution in [2.75, 3.05) is 20.3 Å². The van der Waals surface area contributed by atoms with Crippen LogP contribution in [0.2, 0.25) is 0 Å². The second-order valence-corrected chi connectivity index (χ2v) is 6.58. The highest BCUT2D eigenvalue weighted by molar-refractivity contribution is 6.62. The molecule has 0 saturated carbocycles. The standard InChI is InChI=1S/C16H23BFNO4/c1-15(2)16(3,4)23-17(22-15)11-6-7-12(13(18)10-11)14(20)19-8-9-21-5/h6-7,10H,8-9H2,1-5H3,(H,19,20). The Bertz CT molecular complexity index is 575. The van der Waals surface area contributed by atoms with E-state index in [2.05, 4.69) is 5.32 Å². The molecule has 5 nitrogen and oxygen atoms in total. The average Bonchev–Trinajstić information content (AvgIpc) is 2.67. The molecule has 1 aliphatic heterocycles. The van der Waals surface area contributed by atoms with Gasteiger partial charge in [-0.25, -0.2) is 4.39 Å². The number of nitrogens with one attached hydrogen (secondary N) is 1. The lowest BCUT2D eigenvalue weighted by Crippen LogP contribution is -2.41. The second kappa shape index (κ2) is 6.59. The molecule has 1 aliphatic rings. The van der Waals surface area contributed by atoms with Gasteiger partial charge in [-0.3, -0.25) is 4.79 Å². The number of carbonyl (C=O) groups excluding carboxylic acids is 1. The lowest BCUT2D eigenvalue weighted by atomic mass is 9.78. The molecule has 0 unspecified atom stereocenters. The molecule has 2 rings (SSSR count). The van der Waals surface area contributed by atoms with Gasteiger partial charge in [0.05, 0.1) is 23.4 Å². The van der Waals surface area contributed by atoms with Crippen molar-refractivity contribution in [3.05, 3.63) is 29.6 Å². The Morgan fingerprint density at radius 2 is 1.87 bits per heavy atom. The molecular weight excluding hydrogens is 300 g/mol. The Morgan fingerprint density at radius 1 is 1.26 bits per heavy atom. The molecule has 1 aromatic rings. The first-order valence-electron chi connectivity index (χ1n) is 7.60. The fraction of sp³-hybridized carbons (Fsp3) is 0.562. The quantitative estimate of drug-likeness (QED) is 0.659. The van der Waals surface area contributed by atoms with Gasteiger partial charge in [0.1, 0.15) is 5.82 Å². The van der Waals surface area contributed by atoms with Crippen molar-refractivity contribution in [1.82, 2.24) is 5.32 Å². The Morgan fingerprint density at radius 3 is 2.39 bits per heavy atom. The van der Waals surface area contributed by atoms with Crippen molar-refractivity contribution in [3.63, 3.8) is 0 Å². The van der Waals surface area contributed by atoms with E-state index in [4.69, 9.17) is 14.0 Å². The van der Waals surface area contributed by atoms with E-state index in [1.807, 2.05) is 27.7 Å². The summed E-state index contributed by atoms with van der Waals surface area (Å²) in [6, 6.07) is 4.38. The van der Waals surface area contributed by atoms with Crippen LogP contribution in [-0.2, 0) is 14.0 Å². The van der Waals surface area contributed by atoms with Crippen LogP contribution in [-0.4, -0.2) is 44.5 Å². The van der Waals surface area contributed by atoms with Crippen LogP contribution in [0.15, 0.2) is 18.2 Å². The summed E-state index contributed by atoms with van der Waals surface area (Å²) in [6.07, 6.45) is 0. The fourth-order valence-corrected chi connectivity index (χ4v) is 2.20. The predicted octanol–water partition coefficient (Wildman–Crippen LogP) is 1.50. The molecule has 7 heteroatoms. The van der Waals surface area contributed by atoms with E-state index in [1.165, 1.54) is 19.2 Å². The maximum absolute atomic E-state index is 14.2. The molecule has 1 amide bonds. The van der Waals surface area contributed by atoms with E-state index < -0.39 is 30.0 Å². The molecule has 1 N–H and O–H groups in total. The minimum absolute atomic E-state index is 0.0126. The van der Waals surface area contributed by atoms with Gasteiger partial charge in [-0.1, -0.05) is 6.07 Å². The van der Waals surface area contributed by atoms with Gasteiger partial charge in [-0.05, 0) is 45.3 Å². The molecule has 0 bridgehead atoms. The first-order valence-corrected chi connectivity index (χ1v) is 7.60. The van der Waals surface area contributed by atoms with E-state index in [0.717, 1.165) is 0 Å². The zero-order valence-corrected chi connectivity index (χ0v) is 14.2. The lowest BCUT2D eigenvalue weighted by molar-refractivity contribution is 0.00578. The SMILES string of the molecule is COCCNC(=O)c1ccc(B2OC(C)(C)C(C)(C)O2)cc1F. The highest BCUT2D eigenvalue weighted by Gasteiger charge is 2.51. The summed E-state index contributed by atoms with van der Waals surface area (Å²) in [5.74, 6) is -1.08. The summed E-state index contributed by atoms with van der Waals surface area (Å²) in [5.41, 5.74) is -0.453. The molecule has 0 radical (unpaired) electrons. The van der Waals surface area contributed by atoms with Crippen molar-refractivity contribution < 1.29 is 23.2 Å². The van der Waals surface area contributed by atoms with Gasteiger partial charge in [-0.15, -0.1) is 0 Å². The van der Waals surface area contributed by atoms with Gasteiger partial charge in [0.15, 0.2) is 0 Å². The number of methoxy groups -OCH3 is 1. The van der Waals surface area contributed by atoms with Crippen molar-refractivity contribution in [2.24, 2.45) is 0 Å². The molecule has 0 atom stereocenters. The Hall–Kier alpha value is -1.44. The summed E-state index contributed by atoms with van der Waals surface area (Å²) < 4.78 is 30.8. The average molecular weight is 323 g/mol. The molecule has 23 heavy (non-hydrogen) atoms. The van der Waals surface area contributed by atoms with E-state index in [0.29, 0.717) is 18.6 Å². The summed E-state index contributed by atoms with van der Waals surface area (Å²) in [6.45, 7) is 8.43. The smallest absolute Gasteiger partial charge is 0.399 e. The van der Waals surface area contributed by atoms with Crippen LogP contribution in [0.25, 0.3) is 0 Å². The number of hydrogen-bond donors (Lipinski definition) is 1. The van der Waals surface area contributed by atoms with E-state index >= 15 is 0 Å². The zero-order valence-electron chi connectivity index (χ0n) is 14.2. The zero-order chi connectivity index (χ0) is 17.3. The summed E-state index contributed by atoms with van der Waals surface area (Å²) in [4.78, 5) is 11.9. The van der Waals surface area contributed by atoms with Crippen LogP contribution in [0, 0.1) is 5.82 Å². The summed E-state index contributed by atoms with van der Waals surface area (Å²) >= 11 is 0. The van der Waals surface area contributed by atoms with Crippen molar-refractivity contribution in [3.8, 4) is 0 Å². The first kappa shape index (κ1) is 17.9. The first-order chi connectivity index (χ1) is 10.7. The van der Waals surface area contributed by atoms with E-state index in [9.17, 15) is 9.18 Å². The number of amides is 1. The van der Waals surface area contributed by atoms with Crippen molar-refractivity contribution in [1.29, 1.82) is 0 Å². The molecule has 1 aromatic carbocycles. The Labute approximate surface area is 136 Å². The van der Waals surface area contributed by atoms with E-state index in [1.54, 1.807) is 6.07 Å². The number of rotatable bonds is 5. The highest BCUT2D eigenvalue weighted by atomic mass is 19.1. The minimum Gasteiger partial charge on any atom is -0.399 e. The maximum Gasteiger partial charge on any atom is 0.494 e. The summed E-state index contributed by atoms with van der Waals surface area (Å²) in [7, 11) is 0.881. The highest BCUT2D eigenvalue weighted by Crippen LogP contribution is 2.36. The van der Waals surface area contributed by atoms with Crippen LogP contribution in [0.1, 0.15) is 38.1 Å². The third-order valence-corrected chi connectivity index (χ3v) is 4.35. The number of benzene rings is 1. The Kier molecular flexibility index (Phi) is 5.13. The third kappa shape index (κ3) is 3.73. The van der Waals surface area contributed by atoms with E-state index in [-0.39, 0.29) is 5.56 Å². The topological polar surface area (TPSA) is 56.8 Å². The molecule has 1 heterocycles. The van der Waals surface area contributed by atoms with Gasteiger partial charge in [0.2, 0.25) is 0 Å². The molecule has 1 saturated heterocycles. The number of ether oxygens (including phenoxy) is 1. The van der Waals surface area contributed by atoms with Gasteiger partial charge in [0.25, 0.3) is 5.91 Å². The normalized spacial score (nSPS) is 19.0. The molecular formula is C16H23BFNO4. The largest absolute Gasteiger partial charge is 0.494 e. The predicted molar refractivity (Wildman–Crippen MR) is 86.3 cm³/mol. The van der Waals surface area contributed by atoms with Crippen LogP contribution in [0.4, 0.5) is 4.39 Å². The Balaban J connectivity index is 2.13. The molecule has 126 valence electrons. The molecule has 0 aromatic heterocycles. The number of halogens is 1. The minimum atomic E-state index is -0.653. The van der Waals surface area contributed by atoms with Gasteiger partial charge in [-0.2, -0.15) is 0 Å². The van der Waals surface area contributed by atoms with Crippen molar-refractivity contribution in [2.45, 2.75) is 38.9 Å². The van der Waals surface area contributed by atoms with Crippen LogP contribution in [0.3, 0.4) is 0 Å². The molecule has 0 aliphatic carbocycles. The number of hydrogen-bond acceptors (Lipinski definition) is 4.